The van der Waals surface area contributed by atoms with Gasteiger partial charge in [0.1, 0.15) is 16.6 Å². The summed E-state index contributed by atoms with van der Waals surface area (Å²) in [6, 6.07) is 3.76. The molecule has 0 aliphatic carbocycles. The van der Waals surface area contributed by atoms with Gasteiger partial charge in [-0.15, -0.1) is 0 Å². The van der Waals surface area contributed by atoms with E-state index in [4.69, 9.17) is 26.2 Å². The van der Waals surface area contributed by atoms with Crippen LogP contribution >= 0.6 is 11.6 Å². The number of aromatic nitrogens is 8. The summed E-state index contributed by atoms with van der Waals surface area (Å²) >= 11 is 6.76. The average Bonchev–Trinajstić information content (AvgIpc) is 3.66. The van der Waals surface area contributed by atoms with E-state index in [-0.39, 0.29) is 24.2 Å². The standard InChI is InChI=1S/C25H28ClN9O3/c1-25(2,3)18-9-19(32-35(18)15-6-8-37-17(15)13-36)30-24-31-23-22(33(24)4)21(26)16(11-28-23)38-14-10-27-20-5-7-29-34(20)12-14/h5,7,9-12,15,17,36H,6,8,13H2,1-4H3,(H,28,30,31,32)/t15?,17-/m0/s1. The lowest BCUT2D eigenvalue weighted by atomic mass is 9.91. The molecule has 5 aromatic heterocycles. The van der Waals surface area contributed by atoms with E-state index >= 15 is 0 Å². The number of anilines is 2. The zero-order valence-electron chi connectivity index (χ0n) is 21.5. The normalized spacial score (nSPS) is 18.1. The predicted octanol–water partition coefficient (Wildman–Crippen LogP) is 4.02. The van der Waals surface area contributed by atoms with Crippen LogP contribution < -0.4 is 10.1 Å². The molecule has 2 N–H and O–H groups in total. The van der Waals surface area contributed by atoms with Crippen LogP contribution in [-0.2, 0) is 17.2 Å². The molecule has 5 aromatic rings. The number of ether oxygens (including phenoxy) is 2. The highest BCUT2D eigenvalue weighted by Gasteiger charge is 2.34. The van der Waals surface area contributed by atoms with E-state index in [1.807, 2.05) is 22.4 Å². The van der Waals surface area contributed by atoms with Gasteiger partial charge in [0.2, 0.25) is 5.95 Å². The van der Waals surface area contributed by atoms with Gasteiger partial charge < -0.3 is 24.5 Å². The highest BCUT2D eigenvalue weighted by atomic mass is 35.5. The number of aliphatic hydroxyl groups is 1. The van der Waals surface area contributed by atoms with Gasteiger partial charge >= 0.3 is 0 Å². The minimum Gasteiger partial charge on any atom is -0.451 e. The molecular formula is C25H28ClN9O3. The number of rotatable bonds is 6. The zero-order chi connectivity index (χ0) is 26.6. The summed E-state index contributed by atoms with van der Waals surface area (Å²) in [5.74, 6) is 2.00. The van der Waals surface area contributed by atoms with Gasteiger partial charge in [-0.2, -0.15) is 15.2 Å². The number of hydrogen-bond donors (Lipinski definition) is 2. The van der Waals surface area contributed by atoms with Gasteiger partial charge in [-0.1, -0.05) is 32.4 Å². The van der Waals surface area contributed by atoms with E-state index < -0.39 is 0 Å². The summed E-state index contributed by atoms with van der Waals surface area (Å²) in [4.78, 5) is 13.4. The van der Waals surface area contributed by atoms with E-state index in [2.05, 4.69) is 46.1 Å². The maximum atomic E-state index is 9.80. The van der Waals surface area contributed by atoms with Crippen molar-refractivity contribution < 1.29 is 14.6 Å². The Bertz CT molecular complexity index is 1630. The van der Waals surface area contributed by atoms with Crippen molar-refractivity contribution >= 4 is 40.2 Å². The van der Waals surface area contributed by atoms with Gasteiger partial charge in [-0.05, 0) is 6.42 Å². The van der Waals surface area contributed by atoms with Crippen molar-refractivity contribution in [2.24, 2.45) is 7.05 Å². The zero-order valence-corrected chi connectivity index (χ0v) is 22.2. The Morgan fingerprint density at radius 2 is 2.11 bits per heavy atom. The molecule has 13 heteroatoms. The monoisotopic (exact) mass is 537 g/mol. The second kappa shape index (κ2) is 9.22. The van der Waals surface area contributed by atoms with Gasteiger partial charge in [-0.25, -0.2) is 14.5 Å². The molecule has 0 amide bonds. The summed E-state index contributed by atoms with van der Waals surface area (Å²) in [6.45, 7) is 6.94. The highest BCUT2D eigenvalue weighted by Crippen LogP contribution is 2.37. The smallest absolute Gasteiger partial charge is 0.210 e. The summed E-state index contributed by atoms with van der Waals surface area (Å²) < 4.78 is 17.1. The molecule has 6 heterocycles. The van der Waals surface area contributed by atoms with Crippen molar-refractivity contribution in [3.8, 4) is 11.5 Å². The lowest BCUT2D eigenvalue weighted by Crippen LogP contribution is -2.29. The Labute approximate surface area is 223 Å². The van der Waals surface area contributed by atoms with E-state index in [0.29, 0.717) is 51.7 Å². The average molecular weight is 538 g/mol. The molecule has 38 heavy (non-hydrogen) atoms. The van der Waals surface area contributed by atoms with Gasteiger partial charge in [0.25, 0.3) is 0 Å². The Hall–Kier alpha value is -3.74. The topological polar surface area (TPSA) is 129 Å². The predicted molar refractivity (Wildman–Crippen MR) is 141 cm³/mol. The number of hydrogen-bond acceptors (Lipinski definition) is 9. The molecule has 1 saturated heterocycles. The molecule has 6 rings (SSSR count). The third-order valence-corrected chi connectivity index (χ3v) is 7.03. The number of aryl methyl sites for hydroxylation is 1. The van der Waals surface area contributed by atoms with Crippen LogP contribution in [0.5, 0.6) is 11.5 Å². The molecule has 0 bridgehead atoms. The van der Waals surface area contributed by atoms with Crippen molar-refractivity contribution in [1.29, 1.82) is 0 Å². The molecule has 12 nitrogen and oxygen atoms in total. The van der Waals surface area contributed by atoms with E-state index in [1.54, 1.807) is 29.2 Å². The van der Waals surface area contributed by atoms with Crippen LogP contribution in [0.4, 0.5) is 11.8 Å². The summed E-state index contributed by atoms with van der Waals surface area (Å²) in [7, 11) is 1.85. The highest BCUT2D eigenvalue weighted by molar-refractivity contribution is 6.36. The van der Waals surface area contributed by atoms with Crippen molar-refractivity contribution in [2.75, 3.05) is 18.5 Å². The quantitative estimate of drug-likeness (QED) is 0.330. The van der Waals surface area contributed by atoms with Crippen LogP contribution in [0.25, 0.3) is 16.8 Å². The first-order chi connectivity index (χ1) is 18.2. The Morgan fingerprint density at radius 1 is 1.26 bits per heavy atom. The van der Waals surface area contributed by atoms with E-state index in [1.165, 1.54) is 6.20 Å². The summed E-state index contributed by atoms with van der Waals surface area (Å²) in [5.41, 5.74) is 2.64. The number of imidazole rings is 1. The summed E-state index contributed by atoms with van der Waals surface area (Å²) in [6.07, 6.45) is 7.03. The number of nitrogens with one attached hydrogen (secondary N) is 1. The maximum absolute atomic E-state index is 9.80. The third-order valence-electron chi connectivity index (χ3n) is 6.67. The fraction of sp³-hybridized carbons (Fsp3) is 0.400. The first-order valence-electron chi connectivity index (χ1n) is 12.3. The minimum atomic E-state index is -0.287. The SMILES string of the molecule is Cn1c(Nc2cc(C(C)(C)C)n(C3CCO[C@H]3CO)n2)nc2ncc(Oc3cnc4ccnn4c3)c(Cl)c21. The fourth-order valence-corrected chi connectivity index (χ4v) is 5.04. The first-order valence-corrected chi connectivity index (χ1v) is 12.7. The Balaban J connectivity index is 1.32. The van der Waals surface area contributed by atoms with Gasteiger partial charge in [0, 0.05) is 36.9 Å². The molecule has 0 saturated carbocycles. The van der Waals surface area contributed by atoms with Crippen LogP contribution in [0.15, 0.2) is 36.9 Å². The van der Waals surface area contributed by atoms with Crippen LogP contribution in [0.1, 0.15) is 38.9 Å². The maximum Gasteiger partial charge on any atom is 0.210 e. The van der Waals surface area contributed by atoms with Crippen molar-refractivity contribution in [3.05, 3.63) is 47.6 Å². The summed E-state index contributed by atoms with van der Waals surface area (Å²) in [5, 5.41) is 22.5. The number of nitrogens with zero attached hydrogens (tertiary/aromatic N) is 8. The number of aliphatic hydroxyl groups excluding tert-OH is 1. The molecule has 0 spiro atoms. The van der Waals surface area contributed by atoms with Crippen molar-refractivity contribution in [2.45, 2.75) is 44.8 Å². The van der Waals surface area contributed by atoms with Gasteiger partial charge in [-0.3, -0.25) is 4.68 Å². The number of fused-ring (bicyclic) bond motifs is 2. The molecule has 1 aliphatic heterocycles. The molecule has 0 aromatic carbocycles. The molecule has 1 unspecified atom stereocenters. The van der Waals surface area contributed by atoms with Crippen molar-refractivity contribution in [3.63, 3.8) is 0 Å². The van der Waals surface area contributed by atoms with Crippen LogP contribution in [0, 0.1) is 0 Å². The first kappa shape index (κ1) is 24.6. The lowest BCUT2D eigenvalue weighted by Gasteiger charge is -2.25. The largest absolute Gasteiger partial charge is 0.451 e. The van der Waals surface area contributed by atoms with E-state index in [0.717, 1.165) is 12.1 Å². The molecule has 198 valence electrons. The fourth-order valence-electron chi connectivity index (χ4n) is 4.74. The second-order valence-electron chi connectivity index (χ2n) is 10.3. The van der Waals surface area contributed by atoms with Gasteiger partial charge in [0.15, 0.2) is 28.6 Å². The van der Waals surface area contributed by atoms with Crippen LogP contribution in [-0.4, -0.2) is 63.3 Å². The van der Waals surface area contributed by atoms with E-state index in [9.17, 15) is 5.11 Å². The lowest BCUT2D eigenvalue weighted by molar-refractivity contribution is 0.0391. The number of pyridine rings is 1. The van der Waals surface area contributed by atoms with Crippen LogP contribution in [0.2, 0.25) is 5.02 Å². The van der Waals surface area contributed by atoms with Crippen LogP contribution in [0.3, 0.4) is 0 Å². The third kappa shape index (κ3) is 4.24. The molecule has 2 atom stereocenters. The molecule has 1 fully saturated rings. The second-order valence-corrected chi connectivity index (χ2v) is 10.7. The van der Waals surface area contributed by atoms with Gasteiger partial charge in [0.05, 0.1) is 37.4 Å². The Morgan fingerprint density at radius 3 is 2.89 bits per heavy atom. The molecule has 1 aliphatic rings. The molecular weight excluding hydrogens is 510 g/mol. The Kier molecular flexibility index (Phi) is 5.97. The van der Waals surface area contributed by atoms with Crippen molar-refractivity contribution in [1.82, 2.24) is 38.9 Å². The minimum absolute atomic E-state index is 0.0449. The molecule has 0 radical (unpaired) electrons. The number of halogens is 1.